The minimum atomic E-state index is -4.67. The van der Waals surface area contributed by atoms with Gasteiger partial charge in [0, 0.05) is 175 Å². The molecule has 6 unspecified atom stereocenters. The predicted octanol–water partition coefficient (Wildman–Crippen LogP) is 21.3. The first-order valence-electron chi connectivity index (χ1n) is 43.4. The second kappa shape index (κ2) is 53.0. The number of hydrogen-bond donors (Lipinski definition) is 4. The van der Waals surface area contributed by atoms with E-state index in [1.165, 1.54) is 9.80 Å². The molecule has 4 aromatic carbocycles. The first kappa shape index (κ1) is 121. The van der Waals surface area contributed by atoms with Crippen molar-refractivity contribution in [2.75, 3.05) is 46.1 Å². The first-order chi connectivity index (χ1) is 64.6. The Hall–Kier alpha value is -1.96. The summed E-state index contributed by atoms with van der Waals surface area (Å²) >= 11 is 27.0. The highest BCUT2D eigenvalue weighted by Gasteiger charge is 2.58. The fraction of sp³-hybridized carbons (Fsp3) is 0.435. The van der Waals surface area contributed by atoms with Gasteiger partial charge in [0.2, 0.25) is 11.4 Å². The zero-order valence-electron chi connectivity index (χ0n) is 75.6. The van der Waals surface area contributed by atoms with E-state index in [0.29, 0.717) is 115 Å². The number of imide groups is 2. The van der Waals surface area contributed by atoms with Crippen LogP contribution < -0.4 is 9.80 Å². The van der Waals surface area contributed by atoms with Gasteiger partial charge in [0.25, 0.3) is 43.9 Å². The number of anilines is 2. The summed E-state index contributed by atoms with van der Waals surface area (Å²) < 4.78 is 157. The van der Waals surface area contributed by atoms with Crippen LogP contribution in [0, 0.1) is 54.7 Å². The fourth-order valence-electron chi connectivity index (χ4n) is 18.1. The Kier molecular flexibility index (Phi) is 46.5. The number of hydroxylamine groups is 4. The predicted molar refractivity (Wildman–Crippen MR) is 628 cm³/mol. The van der Waals surface area contributed by atoms with Crippen LogP contribution >= 0.6 is 271 Å². The van der Waals surface area contributed by atoms with Crippen molar-refractivity contribution in [3.63, 3.8) is 0 Å². The van der Waals surface area contributed by atoms with E-state index in [0.717, 1.165) is 96.0 Å². The standard InChI is InChI=1S/C49H52I6N4O14S2.C41H46I6N2O10S2.C2H4/c1-4-5-15-29(47(65)73-59-38(62)21-22-39(59)63)49(3)35(57(28-75(69,70)71)33-27-31(51)44(53)46(55)42(33)49)17-11-8-6-7-10-16-34-48(2,23-13-9-12-18-40(64)72-58-36(60)19-20-37(58)61)41-32(26-30(50)43(52)45(41)54)56(34)24-14-25-74(66,67)68;1-4-5-15-25(39(52)53)41(3)31(49(24-61(57,58)59)29-23-27(43)36(45)38(47)34(29)41)17-11-8-6-7-10-16-30-40(2,19-13-9-12-18-32(50)51)33-28(22-26(42)35(44)37(33)46)48(30)20-14-21-60(54,55)56;1-2/h6-8,10-11,16-17,26-27,29H,4-5,9,12-15,18-25,28H2,1-3H3,(H-,66,67,68,69,70,71);6-8,10-11,16-17,22-23,25H,4-5,9,12-15,18-21,24H2,1-3H3,(H3-,50,51,52,53,54,55,56,57,58,59);1-2H2. The van der Waals surface area contributed by atoms with E-state index in [2.05, 4.69) is 319 Å². The number of carbonyl (C=O) groups is 8. The quantitative estimate of drug-likeness (QED) is 0.00467. The number of aliphatic carboxylic acids is 2. The van der Waals surface area contributed by atoms with E-state index in [1.54, 1.807) is 67.7 Å². The number of rotatable bonds is 44. The number of amides is 4. The van der Waals surface area contributed by atoms with E-state index >= 15 is 0 Å². The van der Waals surface area contributed by atoms with Crippen molar-refractivity contribution in [1.82, 2.24) is 10.1 Å². The van der Waals surface area contributed by atoms with Gasteiger partial charge in [0.05, 0.1) is 54.0 Å². The lowest BCUT2D eigenvalue weighted by Gasteiger charge is -2.36. The van der Waals surface area contributed by atoms with Crippen molar-refractivity contribution in [1.29, 1.82) is 0 Å². The highest BCUT2D eigenvalue weighted by molar-refractivity contribution is 14.1. The zero-order chi connectivity index (χ0) is 103. The highest BCUT2D eigenvalue weighted by atomic mass is 127. The van der Waals surface area contributed by atoms with Crippen LogP contribution in [0.25, 0.3) is 0 Å². The van der Waals surface area contributed by atoms with E-state index in [4.69, 9.17) is 9.68 Å². The number of benzene rings is 4. The van der Waals surface area contributed by atoms with Gasteiger partial charge in [-0.3, -0.25) is 37.9 Å². The van der Waals surface area contributed by atoms with E-state index in [-0.39, 0.29) is 64.3 Å². The molecule has 6 aliphatic heterocycles. The van der Waals surface area contributed by atoms with Crippen molar-refractivity contribution in [2.24, 2.45) is 11.8 Å². The molecule has 0 saturated carbocycles. The first-order valence-corrected chi connectivity index (χ1v) is 62.8. The highest BCUT2D eigenvalue weighted by Crippen LogP contribution is 2.59. The SMILES string of the molecule is C=C.CCCCC(C(=O)O)C1(C)/C(=C/C=C/C=C/C=C/C2=[N+](CCCS(=O)(=O)[O-])c3cc(I)c(I)c(I)c3C2(C)CCCCCC(=O)O)N(CS(=O)(=O)O)c2cc(I)c(I)c(I)c21.CCCCC(C(=O)ON1C(=O)CCC1=O)C1(C)/C(=C/C=C/C=C/C=C/C2=[N+](CCCS(=O)(=O)[O-])c3cc(I)c(I)c(I)c3C2(C)CCCCCC(=O)ON2C(=O)CCC2=O)N(CS(=O)(=O)O)c2cc(I)c(I)c(I)c21. The number of carboxylic acids is 2. The molecule has 138 heavy (non-hydrogen) atoms. The summed E-state index contributed by atoms with van der Waals surface area (Å²) in [6.07, 6.45) is 33.4. The molecule has 30 nitrogen and oxygen atoms in total. The van der Waals surface area contributed by atoms with E-state index < -0.39 is 145 Å². The van der Waals surface area contributed by atoms with Gasteiger partial charge in [0.15, 0.2) is 23.2 Å². The maximum atomic E-state index is 14.4. The maximum absolute atomic E-state index is 14.4. The number of hydrogen-bond acceptors (Lipinski definition) is 22. The molecule has 2 saturated heterocycles. The van der Waals surface area contributed by atoms with E-state index in [9.17, 15) is 100 Å². The molecular weight excluding hydrogens is 3220 g/mol. The van der Waals surface area contributed by atoms with Gasteiger partial charge >= 0.3 is 23.9 Å². The van der Waals surface area contributed by atoms with Crippen molar-refractivity contribution in [3.05, 3.63) is 199 Å². The Labute approximate surface area is 969 Å². The third-order valence-electron chi connectivity index (χ3n) is 24.5. The summed E-state index contributed by atoms with van der Waals surface area (Å²) in [4.78, 5) is 114. The summed E-state index contributed by atoms with van der Waals surface area (Å²) in [5, 5.41) is 20.9. The minimum Gasteiger partial charge on any atom is -0.748 e. The van der Waals surface area contributed by atoms with Crippen molar-refractivity contribution in [3.8, 4) is 0 Å². The molecule has 0 spiro atoms. The molecular formula is C92H102I12N6O24S4. The number of carboxylic acid groups (broad SMARTS) is 2. The van der Waals surface area contributed by atoms with Gasteiger partial charge in [0.1, 0.15) is 13.1 Å². The molecule has 6 heterocycles. The summed E-state index contributed by atoms with van der Waals surface area (Å²) in [7, 11) is -18.2. The van der Waals surface area contributed by atoms with E-state index in [1.807, 2.05) is 57.2 Å². The molecule has 2 fully saturated rings. The summed E-state index contributed by atoms with van der Waals surface area (Å²) in [6.45, 7) is 18.4. The monoisotopic (exact) mass is 3330 g/mol. The molecule has 6 aliphatic rings. The number of unbranched alkanes of at least 4 members (excludes halogenated alkanes) is 6. The Morgan fingerprint density at radius 2 is 0.783 bits per heavy atom. The van der Waals surface area contributed by atoms with Crippen LogP contribution in [-0.4, -0.2) is 177 Å². The molecule has 0 radical (unpaired) electrons. The molecule has 4 aromatic rings. The third kappa shape index (κ3) is 29.8. The van der Waals surface area contributed by atoms with Crippen molar-refractivity contribution >= 4 is 393 Å². The zero-order valence-corrected chi connectivity index (χ0v) is 105. The number of nitrogens with zero attached hydrogens (tertiary/aromatic N) is 6. The molecule has 0 aromatic heterocycles. The fourth-order valence-corrected chi connectivity index (χ4v) is 30.9. The van der Waals surface area contributed by atoms with Gasteiger partial charge in [-0.05, 0) is 362 Å². The van der Waals surface area contributed by atoms with Gasteiger partial charge in [-0.1, -0.05) is 126 Å². The third-order valence-corrected chi connectivity index (χ3v) is 47.7. The van der Waals surface area contributed by atoms with Gasteiger partial charge in [-0.2, -0.15) is 26.0 Å². The summed E-state index contributed by atoms with van der Waals surface area (Å²) in [5.41, 5.74) is 5.19. The normalized spacial score (nSPS) is 20.6. The van der Waals surface area contributed by atoms with Crippen molar-refractivity contribution < 1.29 is 119 Å². The van der Waals surface area contributed by atoms with Crippen LogP contribution in [-0.2, 0) is 110 Å². The lowest BCUT2D eigenvalue weighted by Crippen LogP contribution is -2.44. The molecule has 752 valence electrons. The molecule has 10 rings (SSSR count). The number of fused-ring (bicyclic) bond motifs is 4. The second-order valence-electron chi connectivity index (χ2n) is 33.8. The average molecular weight is 3330 g/mol. The van der Waals surface area contributed by atoms with Gasteiger partial charge in [-0.25, -0.2) is 26.4 Å². The van der Waals surface area contributed by atoms with Crippen LogP contribution in [0.15, 0.2) is 134 Å². The lowest BCUT2D eigenvalue weighted by atomic mass is 9.69. The summed E-state index contributed by atoms with van der Waals surface area (Å²) in [5.74, 6) is -10.3. The minimum absolute atomic E-state index is 0.00289. The van der Waals surface area contributed by atoms with Crippen LogP contribution in [0.3, 0.4) is 0 Å². The maximum Gasteiger partial charge on any atom is 0.337 e. The molecule has 0 bridgehead atoms. The lowest BCUT2D eigenvalue weighted by molar-refractivity contribution is -0.437. The van der Waals surface area contributed by atoms with Crippen LogP contribution in [0.4, 0.5) is 22.7 Å². The molecule has 46 heteroatoms. The molecule has 6 atom stereocenters. The van der Waals surface area contributed by atoms with Crippen LogP contribution in [0.2, 0.25) is 0 Å². The van der Waals surface area contributed by atoms with Gasteiger partial charge < -0.3 is 38.8 Å². The second-order valence-corrected chi connectivity index (χ2v) is 53.0. The number of allylic oxidation sites excluding steroid dienone is 16. The van der Waals surface area contributed by atoms with Crippen LogP contribution in [0.5, 0.6) is 0 Å². The number of carbonyl (C=O) groups excluding carboxylic acids is 6. The largest absolute Gasteiger partial charge is 0.748 e. The topological polar surface area (TPSA) is 438 Å². The van der Waals surface area contributed by atoms with Crippen LogP contribution in [0.1, 0.15) is 205 Å². The molecule has 4 amide bonds. The smallest absolute Gasteiger partial charge is 0.337 e. The Bertz CT molecular complexity index is 6250. The van der Waals surface area contributed by atoms with Gasteiger partial charge in [-0.15, -0.1) is 23.3 Å². The summed E-state index contributed by atoms with van der Waals surface area (Å²) in [6, 6.07) is 7.77. The Morgan fingerprint density at radius 3 is 1.14 bits per heavy atom. The Morgan fingerprint density at radius 1 is 0.449 bits per heavy atom. The number of halogens is 12. The Balaban J connectivity index is 0.000000340. The average Bonchev–Trinajstić information content (AvgIpc) is 1.58. The van der Waals surface area contributed by atoms with Crippen molar-refractivity contribution in [2.45, 2.75) is 204 Å². The molecule has 0 aliphatic carbocycles. The molecule has 4 N–H and O–H groups in total.